The smallest absolute Gasteiger partial charge is 0.307 e. The summed E-state index contributed by atoms with van der Waals surface area (Å²) in [6, 6.07) is 9.40. The van der Waals surface area contributed by atoms with Crippen LogP contribution in [-0.2, 0) is 32.3 Å². The summed E-state index contributed by atoms with van der Waals surface area (Å²) in [5.41, 5.74) is 1.62. The average molecular weight is 415 g/mol. The van der Waals surface area contributed by atoms with E-state index in [1.54, 1.807) is 20.8 Å². The van der Waals surface area contributed by atoms with Gasteiger partial charge in [0.1, 0.15) is 18.8 Å². The van der Waals surface area contributed by atoms with Gasteiger partial charge in [-0.3, -0.25) is 9.59 Å². The third-order valence-corrected chi connectivity index (χ3v) is 4.84. The number of benzene rings is 1. The lowest BCUT2D eigenvalue weighted by atomic mass is 9.92. The lowest BCUT2D eigenvalue weighted by Gasteiger charge is -2.22. The molecule has 7 nitrogen and oxygen atoms in total. The second-order valence-corrected chi connectivity index (χ2v) is 8.67. The Morgan fingerprint density at radius 1 is 1.17 bits per heavy atom. The first-order valence-electron chi connectivity index (χ1n) is 10.3. The third-order valence-electron chi connectivity index (χ3n) is 4.84. The first kappa shape index (κ1) is 22.0. The summed E-state index contributed by atoms with van der Waals surface area (Å²) in [7, 11) is 0. The van der Waals surface area contributed by atoms with Crippen LogP contribution in [0.4, 0.5) is 0 Å². The van der Waals surface area contributed by atoms with Crippen molar-refractivity contribution in [3.63, 3.8) is 0 Å². The lowest BCUT2D eigenvalue weighted by Crippen LogP contribution is -2.26. The number of hydrogen-bond acceptors (Lipinski definition) is 7. The molecular formula is C23H29NO6. The molecule has 1 aromatic carbocycles. The molecule has 1 aliphatic carbocycles. The van der Waals surface area contributed by atoms with E-state index < -0.39 is 23.5 Å². The standard InChI is InChI=1S/C23H29NO6/c1-23(2,3)29-20(27)12-17(11-19(26)28-14-15-7-5-4-6-8-15)22-21(16-9-10-16)18(13-25)30-24-22/h4-8,16-17,25H,9-14H2,1-3H3/t17-/m1/s1. The van der Waals surface area contributed by atoms with Crippen molar-refractivity contribution in [2.75, 3.05) is 0 Å². The molecule has 0 saturated heterocycles. The molecule has 1 heterocycles. The first-order chi connectivity index (χ1) is 14.3. The van der Waals surface area contributed by atoms with E-state index in [2.05, 4.69) is 5.16 Å². The van der Waals surface area contributed by atoms with E-state index in [0.717, 1.165) is 24.0 Å². The molecule has 1 saturated carbocycles. The van der Waals surface area contributed by atoms with Crippen molar-refractivity contribution in [3.8, 4) is 0 Å². The van der Waals surface area contributed by atoms with Gasteiger partial charge in [-0.1, -0.05) is 35.5 Å². The van der Waals surface area contributed by atoms with Gasteiger partial charge in [0, 0.05) is 11.5 Å². The van der Waals surface area contributed by atoms with Gasteiger partial charge in [-0.25, -0.2) is 0 Å². The molecule has 0 amide bonds. The number of hydrogen-bond donors (Lipinski definition) is 1. The van der Waals surface area contributed by atoms with Crippen LogP contribution in [0.25, 0.3) is 0 Å². The topological polar surface area (TPSA) is 98.9 Å². The van der Waals surface area contributed by atoms with E-state index in [9.17, 15) is 14.7 Å². The van der Waals surface area contributed by atoms with Crippen molar-refractivity contribution >= 4 is 11.9 Å². The average Bonchev–Trinajstić information content (AvgIpc) is 3.43. The van der Waals surface area contributed by atoms with Crippen LogP contribution >= 0.6 is 0 Å². The minimum absolute atomic E-state index is 0.0190. The number of carbonyl (C=O) groups is 2. The maximum absolute atomic E-state index is 12.6. The Morgan fingerprint density at radius 3 is 2.43 bits per heavy atom. The molecule has 1 aromatic heterocycles. The normalized spacial score (nSPS) is 14.9. The van der Waals surface area contributed by atoms with Crippen LogP contribution in [0.2, 0.25) is 0 Å². The number of aliphatic hydroxyl groups is 1. The van der Waals surface area contributed by atoms with E-state index in [0.29, 0.717) is 11.5 Å². The van der Waals surface area contributed by atoms with Gasteiger partial charge in [0.15, 0.2) is 5.76 Å². The Bertz CT molecular complexity index is 864. The molecular weight excluding hydrogens is 386 g/mol. The van der Waals surface area contributed by atoms with Gasteiger partial charge >= 0.3 is 11.9 Å². The molecule has 7 heteroatoms. The zero-order valence-electron chi connectivity index (χ0n) is 17.7. The fourth-order valence-corrected chi connectivity index (χ4v) is 3.41. The van der Waals surface area contributed by atoms with E-state index in [4.69, 9.17) is 14.0 Å². The lowest BCUT2D eigenvalue weighted by molar-refractivity contribution is -0.155. The van der Waals surface area contributed by atoms with Gasteiger partial charge in [0.2, 0.25) is 0 Å². The highest BCUT2D eigenvalue weighted by Crippen LogP contribution is 2.46. The molecule has 1 N–H and O–H groups in total. The number of rotatable bonds is 9. The predicted octanol–water partition coefficient (Wildman–Crippen LogP) is 3.99. The summed E-state index contributed by atoms with van der Waals surface area (Å²) in [5, 5.41) is 13.7. The molecule has 162 valence electrons. The van der Waals surface area contributed by atoms with Crippen LogP contribution in [0, 0.1) is 0 Å². The van der Waals surface area contributed by atoms with Gasteiger partial charge in [-0.2, -0.15) is 0 Å². The second kappa shape index (κ2) is 9.43. The number of aliphatic hydroxyl groups excluding tert-OH is 1. The molecule has 1 aliphatic rings. The largest absolute Gasteiger partial charge is 0.461 e. The van der Waals surface area contributed by atoms with Crippen molar-refractivity contribution in [2.45, 2.75) is 77.1 Å². The van der Waals surface area contributed by atoms with Crippen LogP contribution in [0.5, 0.6) is 0 Å². The van der Waals surface area contributed by atoms with Crippen LogP contribution in [0.3, 0.4) is 0 Å². The zero-order valence-corrected chi connectivity index (χ0v) is 17.7. The summed E-state index contributed by atoms with van der Waals surface area (Å²) in [6.45, 7) is 5.28. The molecule has 1 fully saturated rings. The SMILES string of the molecule is CC(C)(C)OC(=O)C[C@@H](CC(=O)OCc1ccccc1)c1noc(CO)c1C1CC1. The summed E-state index contributed by atoms with van der Waals surface area (Å²) < 4.78 is 16.2. The Hall–Kier alpha value is -2.67. The Morgan fingerprint density at radius 2 is 1.83 bits per heavy atom. The van der Waals surface area contributed by atoms with E-state index in [1.165, 1.54) is 0 Å². The molecule has 1 atom stereocenters. The van der Waals surface area contributed by atoms with Crippen molar-refractivity contribution < 1.29 is 28.7 Å². The number of esters is 2. The maximum Gasteiger partial charge on any atom is 0.307 e. The number of ether oxygens (including phenoxy) is 2. The first-order valence-corrected chi connectivity index (χ1v) is 10.3. The zero-order chi connectivity index (χ0) is 21.7. The summed E-state index contributed by atoms with van der Waals surface area (Å²) in [4.78, 5) is 25.1. The van der Waals surface area contributed by atoms with E-state index >= 15 is 0 Å². The Balaban J connectivity index is 1.75. The van der Waals surface area contributed by atoms with Gasteiger partial charge in [0.25, 0.3) is 0 Å². The molecule has 30 heavy (non-hydrogen) atoms. The van der Waals surface area contributed by atoms with Gasteiger partial charge in [-0.05, 0) is 45.1 Å². The molecule has 0 spiro atoms. The molecule has 3 rings (SSSR count). The fraction of sp³-hybridized carbons (Fsp3) is 0.522. The van der Waals surface area contributed by atoms with E-state index in [-0.39, 0.29) is 32.0 Å². The molecule has 0 aliphatic heterocycles. The van der Waals surface area contributed by atoms with Crippen LogP contribution in [0.15, 0.2) is 34.9 Å². The Kier molecular flexibility index (Phi) is 6.92. The number of nitrogens with zero attached hydrogens (tertiary/aromatic N) is 1. The van der Waals surface area contributed by atoms with Crippen LogP contribution in [0.1, 0.15) is 80.9 Å². The summed E-state index contributed by atoms with van der Waals surface area (Å²) in [5.74, 6) is -0.738. The molecule has 0 unspecified atom stereocenters. The highest BCUT2D eigenvalue weighted by molar-refractivity contribution is 5.75. The maximum atomic E-state index is 12.6. The van der Waals surface area contributed by atoms with Crippen molar-refractivity contribution in [1.82, 2.24) is 5.16 Å². The third kappa shape index (κ3) is 6.16. The summed E-state index contributed by atoms with van der Waals surface area (Å²) in [6.07, 6.45) is 1.90. The predicted molar refractivity (Wildman–Crippen MR) is 108 cm³/mol. The monoisotopic (exact) mass is 415 g/mol. The van der Waals surface area contributed by atoms with Crippen molar-refractivity contribution in [3.05, 3.63) is 52.9 Å². The summed E-state index contributed by atoms with van der Waals surface area (Å²) >= 11 is 0. The number of aromatic nitrogens is 1. The molecule has 0 bridgehead atoms. The van der Waals surface area contributed by atoms with Gasteiger partial charge < -0.3 is 19.1 Å². The van der Waals surface area contributed by atoms with Crippen LogP contribution < -0.4 is 0 Å². The van der Waals surface area contributed by atoms with Crippen molar-refractivity contribution in [1.29, 1.82) is 0 Å². The Labute approximate surface area is 176 Å². The minimum atomic E-state index is -0.630. The second-order valence-electron chi connectivity index (χ2n) is 8.67. The van der Waals surface area contributed by atoms with E-state index in [1.807, 2.05) is 30.3 Å². The minimum Gasteiger partial charge on any atom is -0.461 e. The highest BCUT2D eigenvalue weighted by Gasteiger charge is 2.36. The van der Waals surface area contributed by atoms with Crippen LogP contribution in [-0.4, -0.2) is 27.8 Å². The van der Waals surface area contributed by atoms with Gasteiger partial charge in [-0.15, -0.1) is 0 Å². The molecule has 2 aromatic rings. The van der Waals surface area contributed by atoms with Crippen molar-refractivity contribution in [2.24, 2.45) is 0 Å². The highest BCUT2D eigenvalue weighted by atomic mass is 16.6. The fourth-order valence-electron chi connectivity index (χ4n) is 3.41. The van der Waals surface area contributed by atoms with Gasteiger partial charge in [0.05, 0.1) is 18.5 Å². The quantitative estimate of drug-likeness (QED) is 0.618. The molecule has 0 radical (unpaired) electrons. The number of carbonyl (C=O) groups excluding carboxylic acids is 2.